The van der Waals surface area contributed by atoms with Crippen LogP contribution in [0.5, 0.6) is 0 Å². The number of aliphatic hydroxyl groups excluding tert-OH is 1. The van der Waals surface area contributed by atoms with Crippen molar-refractivity contribution in [1.82, 2.24) is 20.2 Å². The third-order valence-electron chi connectivity index (χ3n) is 3.57. The van der Waals surface area contributed by atoms with Crippen LogP contribution in [0.4, 0.5) is 0 Å². The summed E-state index contributed by atoms with van der Waals surface area (Å²) >= 11 is 0. The molecule has 3 N–H and O–H groups in total. The molecule has 2 rings (SSSR count). The van der Waals surface area contributed by atoms with Crippen molar-refractivity contribution >= 4 is 0 Å². The van der Waals surface area contributed by atoms with Gasteiger partial charge in [-0.3, -0.25) is 0 Å². The molecule has 0 bridgehead atoms. The summed E-state index contributed by atoms with van der Waals surface area (Å²) < 4.78 is 1.68. The minimum Gasteiger partial charge on any atom is -0.393 e. The molecule has 19 heavy (non-hydrogen) atoms. The second kappa shape index (κ2) is 5.46. The summed E-state index contributed by atoms with van der Waals surface area (Å²) in [6.07, 6.45) is -0.0123. The van der Waals surface area contributed by atoms with Gasteiger partial charge >= 0.3 is 0 Å². The average molecular weight is 261 g/mol. The summed E-state index contributed by atoms with van der Waals surface area (Å²) in [7, 11) is 0. The van der Waals surface area contributed by atoms with Crippen molar-refractivity contribution in [3.63, 3.8) is 0 Å². The van der Waals surface area contributed by atoms with Gasteiger partial charge in [0, 0.05) is 18.4 Å². The second-order valence-corrected chi connectivity index (χ2v) is 5.05. The van der Waals surface area contributed by atoms with Crippen LogP contribution in [0.2, 0.25) is 0 Å². The van der Waals surface area contributed by atoms with Crippen LogP contribution in [0.1, 0.15) is 19.7 Å². The highest BCUT2D eigenvalue weighted by Crippen LogP contribution is 2.25. The van der Waals surface area contributed by atoms with Crippen molar-refractivity contribution in [3.8, 4) is 5.69 Å². The highest BCUT2D eigenvalue weighted by atomic mass is 16.3. The monoisotopic (exact) mass is 261 g/mol. The Kier molecular flexibility index (Phi) is 3.92. The Morgan fingerprint density at radius 2 is 2.05 bits per heavy atom. The predicted molar refractivity (Wildman–Crippen MR) is 71.7 cm³/mol. The summed E-state index contributed by atoms with van der Waals surface area (Å²) in [4.78, 5) is 0. The van der Waals surface area contributed by atoms with Crippen molar-refractivity contribution in [3.05, 3.63) is 36.2 Å². The molecule has 0 saturated carbocycles. The summed E-state index contributed by atoms with van der Waals surface area (Å²) in [5, 5.41) is 21.6. The number of hydrogen-bond acceptors (Lipinski definition) is 5. The van der Waals surface area contributed by atoms with Gasteiger partial charge in [-0.1, -0.05) is 25.1 Å². The number of nitrogens with zero attached hydrogens (tertiary/aromatic N) is 4. The predicted octanol–water partition coefficient (Wildman–Crippen LogP) is 0.551. The third kappa shape index (κ3) is 2.80. The molecule has 6 heteroatoms. The van der Waals surface area contributed by atoms with E-state index in [-0.39, 0.29) is 0 Å². The van der Waals surface area contributed by atoms with Crippen LogP contribution in [-0.4, -0.2) is 38.0 Å². The van der Waals surface area contributed by atoms with Gasteiger partial charge in [0.2, 0.25) is 0 Å². The van der Waals surface area contributed by atoms with Crippen LogP contribution >= 0.6 is 0 Å². The van der Waals surface area contributed by atoms with Crippen LogP contribution in [0, 0.1) is 5.41 Å². The number of para-hydroxylation sites is 1. The van der Waals surface area contributed by atoms with Crippen LogP contribution in [-0.2, 0) is 6.42 Å². The van der Waals surface area contributed by atoms with Crippen LogP contribution in [0.15, 0.2) is 30.3 Å². The molecule has 0 aliphatic heterocycles. The SMILES string of the molecule is CC(O)C(C)(CN)Cc1nnnn1-c1ccccc1. The Morgan fingerprint density at radius 1 is 1.37 bits per heavy atom. The van der Waals surface area contributed by atoms with Gasteiger partial charge in [0.15, 0.2) is 5.82 Å². The van der Waals surface area contributed by atoms with Crippen molar-refractivity contribution in [1.29, 1.82) is 0 Å². The highest BCUT2D eigenvalue weighted by molar-refractivity contribution is 5.30. The van der Waals surface area contributed by atoms with Crippen LogP contribution < -0.4 is 5.73 Å². The maximum Gasteiger partial charge on any atom is 0.157 e. The van der Waals surface area contributed by atoms with Gasteiger partial charge in [0.05, 0.1) is 11.8 Å². The van der Waals surface area contributed by atoms with Crippen molar-refractivity contribution in [2.75, 3.05) is 6.54 Å². The van der Waals surface area contributed by atoms with Crippen molar-refractivity contribution < 1.29 is 5.11 Å². The fraction of sp³-hybridized carbons (Fsp3) is 0.462. The molecule has 1 aromatic carbocycles. The molecule has 2 aromatic rings. The number of aromatic nitrogens is 4. The van der Waals surface area contributed by atoms with E-state index in [1.54, 1.807) is 11.6 Å². The van der Waals surface area contributed by atoms with Crippen molar-refractivity contribution in [2.45, 2.75) is 26.4 Å². The maximum absolute atomic E-state index is 9.87. The minimum absolute atomic E-state index is 0.367. The summed E-state index contributed by atoms with van der Waals surface area (Å²) in [6.45, 7) is 4.04. The number of tetrazole rings is 1. The molecule has 0 fully saturated rings. The number of hydrogen-bond donors (Lipinski definition) is 2. The normalized spacial score (nSPS) is 16.0. The molecule has 6 nitrogen and oxygen atoms in total. The first-order valence-corrected chi connectivity index (χ1v) is 6.27. The lowest BCUT2D eigenvalue weighted by Gasteiger charge is -2.30. The molecule has 0 spiro atoms. The van der Waals surface area contributed by atoms with Gasteiger partial charge in [-0.25, -0.2) is 0 Å². The minimum atomic E-state index is -0.529. The Labute approximate surface area is 112 Å². The molecule has 0 aliphatic rings. The lowest BCUT2D eigenvalue weighted by molar-refractivity contribution is 0.0570. The Bertz CT molecular complexity index is 525. The van der Waals surface area contributed by atoms with Gasteiger partial charge < -0.3 is 10.8 Å². The quantitative estimate of drug-likeness (QED) is 0.820. The number of rotatable bonds is 5. The van der Waals surface area contributed by atoms with Gasteiger partial charge in [-0.05, 0) is 29.5 Å². The molecule has 0 amide bonds. The number of aliphatic hydroxyl groups is 1. The Balaban J connectivity index is 2.31. The molecule has 0 saturated heterocycles. The number of benzene rings is 1. The number of nitrogens with two attached hydrogens (primary N) is 1. The van der Waals surface area contributed by atoms with Gasteiger partial charge in [0.25, 0.3) is 0 Å². The van der Waals surface area contributed by atoms with E-state index in [2.05, 4.69) is 15.5 Å². The molecule has 1 heterocycles. The van der Waals surface area contributed by atoms with Crippen LogP contribution in [0.3, 0.4) is 0 Å². The standard InChI is InChI=1S/C13H19N5O/c1-10(19)13(2,9-14)8-12-15-16-17-18(12)11-6-4-3-5-7-11/h3-7,10,19H,8-9,14H2,1-2H3. The zero-order valence-electron chi connectivity index (χ0n) is 11.2. The van der Waals surface area contributed by atoms with E-state index in [0.29, 0.717) is 18.8 Å². The smallest absolute Gasteiger partial charge is 0.157 e. The van der Waals surface area contributed by atoms with E-state index in [1.807, 2.05) is 37.3 Å². The van der Waals surface area contributed by atoms with Gasteiger partial charge in [-0.2, -0.15) is 4.68 Å². The second-order valence-electron chi connectivity index (χ2n) is 5.05. The van der Waals surface area contributed by atoms with Crippen LogP contribution in [0.25, 0.3) is 5.69 Å². The topological polar surface area (TPSA) is 89.8 Å². The fourth-order valence-electron chi connectivity index (χ4n) is 1.84. The lowest BCUT2D eigenvalue weighted by atomic mass is 9.81. The van der Waals surface area contributed by atoms with Crippen molar-refractivity contribution in [2.24, 2.45) is 11.1 Å². The average Bonchev–Trinajstić information content (AvgIpc) is 2.87. The Morgan fingerprint density at radius 3 is 2.63 bits per heavy atom. The molecule has 102 valence electrons. The molecular formula is C13H19N5O. The van der Waals surface area contributed by atoms with E-state index >= 15 is 0 Å². The summed E-state index contributed by atoms with van der Waals surface area (Å²) in [5.41, 5.74) is 6.23. The highest BCUT2D eigenvalue weighted by Gasteiger charge is 2.31. The zero-order valence-corrected chi connectivity index (χ0v) is 11.2. The van der Waals surface area contributed by atoms with Gasteiger partial charge in [-0.15, -0.1) is 5.10 Å². The first-order chi connectivity index (χ1) is 9.07. The largest absolute Gasteiger partial charge is 0.393 e. The molecule has 0 radical (unpaired) electrons. The molecule has 0 aliphatic carbocycles. The molecule has 2 atom stereocenters. The molecular weight excluding hydrogens is 242 g/mol. The first-order valence-electron chi connectivity index (χ1n) is 6.27. The summed E-state index contributed by atoms with van der Waals surface area (Å²) in [5.74, 6) is 0.694. The third-order valence-corrected chi connectivity index (χ3v) is 3.57. The maximum atomic E-state index is 9.87. The first kappa shape index (κ1) is 13.6. The summed E-state index contributed by atoms with van der Waals surface area (Å²) in [6, 6.07) is 9.66. The van der Waals surface area contributed by atoms with E-state index < -0.39 is 11.5 Å². The van der Waals surface area contributed by atoms with E-state index in [9.17, 15) is 5.11 Å². The van der Waals surface area contributed by atoms with E-state index in [1.165, 1.54) is 0 Å². The van der Waals surface area contributed by atoms with Gasteiger partial charge in [0.1, 0.15) is 0 Å². The van der Waals surface area contributed by atoms with E-state index in [4.69, 9.17) is 5.73 Å². The molecule has 1 aromatic heterocycles. The van der Waals surface area contributed by atoms with E-state index in [0.717, 1.165) is 5.69 Å². The zero-order chi connectivity index (χ0) is 13.9. The fourth-order valence-corrected chi connectivity index (χ4v) is 1.84. The lowest BCUT2D eigenvalue weighted by Crippen LogP contribution is -2.40. The Hall–Kier alpha value is -1.79. The molecule has 2 unspecified atom stereocenters.